The minimum Gasteiger partial charge on any atom is -0.125 e. The number of thioether (sulfide) groups is 3. The van der Waals surface area contributed by atoms with Crippen LogP contribution in [0.5, 0.6) is 0 Å². The van der Waals surface area contributed by atoms with Gasteiger partial charge in [-0.05, 0) is 61.1 Å². The van der Waals surface area contributed by atoms with Crippen molar-refractivity contribution in [2.24, 2.45) is 0 Å². The SMILES string of the molecule is CCCCCCSc1cc(C)cc(SCCCCCC)c1SCCCCCC. The van der Waals surface area contributed by atoms with E-state index in [9.17, 15) is 0 Å². The highest BCUT2D eigenvalue weighted by molar-refractivity contribution is 8.03. The van der Waals surface area contributed by atoms with Gasteiger partial charge in [-0.15, -0.1) is 35.3 Å². The maximum absolute atomic E-state index is 2.44. The fourth-order valence-corrected chi connectivity index (χ4v) is 7.07. The Hall–Kier alpha value is 0.270. The van der Waals surface area contributed by atoms with Crippen LogP contribution >= 0.6 is 35.3 Å². The molecule has 0 bridgehead atoms. The number of unbranched alkanes of at least 4 members (excludes halogenated alkanes) is 9. The van der Waals surface area contributed by atoms with E-state index in [1.165, 1.54) is 99.9 Å². The zero-order valence-corrected chi connectivity index (χ0v) is 21.4. The third-order valence-corrected chi connectivity index (χ3v) is 8.65. The van der Waals surface area contributed by atoms with Gasteiger partial charge in [-0.2, -0.15) is 0 Å². The Bertz CT molecular complexity index is 464. The Labute approximate surface area is 189 Å². The Kier molecular flexibility index (Phi) is 17.0. The van der Waals surface area contributed by atoms with Crippen LogP contribution in [0, 0.1) is 6.92 Å². The van der Waals surface area contributed by atoms with Crippen LogP contribution in [0.3, 0.4) is 0 Å². The van der Waals surface area contributed by atoms with Crippen molar-refractivity contribution < 1.29 is 0 Å². The first-order valence-electron chi connectivity index (χ1n) is 11.8. The predicted octanol–water partition coefficient (Wildman–Crippen LogP) is 10.0. The molecule has 0 amide bonds. The summed E-state index contributed by atoms with van der Waals surface area (Å²) in [5, 5.41) is 0. The molecule has 1 aromatic rings. The summed E-state index contributed by atoms with van der Waals surface area (Å²) in [6.45, 7) is 9.17. The van der Waals surface area contributed by atoms with E-state index >= 15 is 0 Å². The first kappa shape index (κ1) is 26.3. The Morgan fingerprint density at radius 2 is 0.929 bits per heavy atom. The molecule has 162 valence electrons. The lowest BCUT2D eigenvalue weighted by Gasteiger charge is -2.16. The molecule has 0 unspecified atom stereocenters. The second-order valence-corrected chi connectivity index (χ2v) is 11.2. The van der Waals surface area contributed by atoms with Crippen molar-refractivity contribution in [1.82, 2.24) is 0 Å². The Morgan fingerprint density at radius 3 is 1.32 bits per heavy atom. The smallest absolute Gasteiger partial charge is 0.0344 e. The third kappa shape index (κ3) is 12.1. The first-order valence-corrected chi connectivity index (χ1v) is 14.7. The summed E-state index contributed by atoms with van der Waals surface area (Å²) >= 11 is 6.34. The first-order chi connectivity index (χ1) is 13.7. The molecule has 0 saturated carbocycles. The molecule has 0 aromatic heterocycles. The molecule has 0 fully saturated rings. The van der Waals surface area contributed by atoms with Crippen molar-refractivity contribution in [2.45, 2.75) is 119 Å². The maximum Gasteiger partial charge on any atom is 0.0344 e. The molecule has 0 spiro atoms. The van der Waals surface area contributed by atoms with Crippen molar-refractivity contribution in [3.63, 3.8) is 0 Å². The van der Waals surface area contributed by atoms with Gasteiger partial charge in [0.15, 0.2) is 0 Å². The third-order valence-electron chi connectivity index (χ3n) is 4.92. The Balaban J connectivity index is 2.72. The number of hydrogen-bond donors (Lipinski definition) is 0. The van der Waals surface area contributed by atoms with E-state index in [4.69, 9.17) is 0 Å². The van der Waals surface area contributed by atoms with Gasteiger partial charge < -0.3 is 0 Å². The number of aryl methyl sites for hydroxylation is 1. The van der Waals surface area contributed by atoms with Crippen LogP contribution in [0.4, 0.5) is 0 Å². The highest BCUT2D eigenvalue weighted by Crippen LogP contribution is 2.40. The van der Waals surface area contributed by atoms with Crippen LogP contribution < -0.4 is 0 Å². The zero-order valence-electron chi connectivity index (χ0n) is 19.0. The van der Waals surface area contributed by atoms with E-state index < -0.39 is 0 Å². The maximum atomic E-state index is 2.44. The normalized spacial score (nSPS) is 11.3. The summed E-state index contributed by atoms with van der Waals surface area (Å²) in [5.41, 5.74) is 1.43. The number of hydrogen-bond acceptors (Lipinski definition) is 3. The molecule has 0 heterocycles. The highest BCUT2D eigenvalue weighted by Gasteiger charge is 2.12. The summed E-state index contributed by atoms with van der Waals surface area (Å²) in [5.74, 6) is 3.82. The molecule has 28 heavy (non-hydrogen) atoms. The topological polar surface area (TPSA) is 0 Å². The van der Waals surface area contributed by atoms with Gasteiger partial charge in [0.05, 0.1) is 0 Å². The molecule has 0 aliphatic heterocycles. The summed E-state index contributed by atoms with van der Waals surface area (Å²) in [7, 11) is 0. The lowest BCUT2D eigenvalue weighted by atomic mass is 10.2. The van der Waals surface area contributed by atoms with Gasteiger partial charge in [-0.3, -0.25) is 0 Å². The number of rotatable bonds is 18. The van der Waals surface area contributed by atoms with E-state index in [2.05, 4.69) is 75.1 Å². The van der Waals surface area contributed by atoms with Crippen molar-refractivity contribution in [1.29, 1.82) is 0 Å². The molecular weight excluding hydrogens is 396 g/mol. The molecule has 1 rings (SSSR count). The van der Waals surface area contributed by atoms with E-state index in [0.29, 0.717) is 0 Å². The highest BCUT2D eigenvalue weighted by atomic mass is 32.2. The van der Waals surface area contributed by atoms with Crippen LogP contribution in [0.15, 0.2) is 26.8 Å². The van der Waals surface area contributed by atoms with E-state index in [-0.39, 0.29) is 0 Å². The van der Waals surface area contributed by atoms with Gasteiger partial charge in [-0.25, -0.2) is 0 Å². The Morgan fingerprint density at radius 1 is 0.536 bits per heavy atom. The molecule has 0 saturated heterocycles. The van der Waals surface area contributed by atoms with Crippen LogP contribution in [0.2, 0.25) is 0 Å². The van der Waals surface area contributed by atoms with Crippen molar-refractivity contribution in [2.75, 3.05) is 17.3 Å². The number of benzene rings is 1. The summed E-state index contributed by atoms with van der Waals surface area (Å²) < 4.78 is 0. The molecule has 3 heteroatoms. The van der Waals surface area contributed by atoms with Crippen LogP contribution in [-0.4, -0.2) is 17.3 Å². The fourth-order valence-electron chi connectivity index (χ4n) is 3.19. The predicted molar refractivity (Wildman–Crippen MR) is 136 cm³/mol. The van der Waals surface area contributed by atoms with Crippen molar-refractivity contribution >= 4 is 35.3 Å². The van der Waals surface area contributed by atoms with E-state index in [1.54, 1.807) is 14.7 Å². The van der Waals surface area contributed by atoms with Crippen molar-refractivity contribution in [3.8, 4) is 0 Å². The monoisotopic (exact) mass is 440 g/mol. The minimum absolute atomic E-state index is 1.27. The molecular formula is C25H44S3. The van der Waals surface area contributed by atoms with E-state index in [1.807, 2.05) is 0 Å². The average Bonchev–Trinajstić information content (AvgIpc) is 2.69. The van der Waals surface area contributed by atoms with Gasteiger partial charge in [-0.1, -0.05) is 78.6 Å². The minimum atomic E-state index is 1.27. The quantitative estimate of drug-likeness (QED) is 0.164. The zero-order chi connectivity index (χ0) is 20.5. The summed E-state index contributed by atoms with van der Waals surface area (Å²) in [4.78, 5) is 4.68. The largest absolute Gasteiger partial charge is 0.125 e. The van der Waals surface area contributed by atoms with Gasteiger partial charge in [0, 0.05) is 14.7 Å². The molecule has 0 aliphatic carbocycles. The van der Waals surface area contributed by atoms with Crippen molar-refractivity contribution in [3.05, 3.63) is 17.7 Å². The van der Waals surface area contributed by atoms with Gasteiger partial charge in [0.25, 0.3) is 0 Å². The molecule has 0 nitrogen and oxygen atoms in total. The van der Waals surface area contributed by atoms with Gasteiger partial charge in [0.1, 0.15) is 0 Å². The molecule has 0 atom stereocenters. The second-order valence-electron chi connectivity index (χ2n) is 7.82. The van der Waals surface area contributed by atoms with Gasteiger partial charge in [0.2, 0.25) is 0 Å². The average molecular weight is 441 g/mol. The van der Waals surface area contributed by atoms with Crippen LogP contribution in [0.1, 0.15) is 103 Å². The summed E-state index contributed by atoms with van der Waals surface area (Å²) in [6.07, 6.45) is 16.3. The van der Waals surface area contributed by atoms with E-state index in [0.717, 1.165) is 0 Å². The molecule has 0 N–H and O–H groups in total. The van der Waals surface area contributed by atoms with Crippen LogP contribution in [0.25, 0.3) is 0 Å². The lowest BCUT2D eigenvalue weighted by molar-refractivity contribution is 0.705. The lowest BCUT2D eigenvalue weighted by Crippen LogP contribution is -1.92. The molecule has 1 aromatic carbocycles. The standard InChI is InChI=1S/C25H44S3/c1-5-8-11-14-17-26-23-20-22(4)21-24(27-18-15-12-9-6-2)25(23)28-19-16-13-10-7-3/h20-21H,5-19H2,1-4H3. The fraction of sp³-hybridized carbons (Fsp3) is 0.760. The van der Waals surface area contributed by atoms with Gasteiger partial charge >= 0.3 is 0 Å². The molecule has 0 radical (unpaired) electrons. The molecule has 0 aliphatic rings. The van der Waals surface area contributed by atoms with Crippen LogP contribution in [-0.2, 0) is 0 Å². The summed E-state index contributed by atoms with van der Waals surface area (Å²) in [6, 6.07) is 4.89. The second kappa shape index (κ2) is 18.1.